The third-order valence-electron chi connectivity index (χ3n) is 3.41. The zero-order valence-electron chi connectivity index (χ0n) is 14.0. The zero-order chi connectivity index (χ0) is 17.6. The van der Waals surface area contributed by atoms with Crippen LogP contribution in [0, 0.1) is 0 Å². The van der Waals surface area contributed by atoms with Gasteiger partial charge in [0.15, 0.2) is 0 Å². The van der Waals surface area contributed by atoms with E-state index in [-0.39, 0.29) is 12.5 Å². The lowest BCUT2D eigenvalue weighted by atomic mass is 9.98. The van der Waals surface area contributed by atoms with Crippen LogP contribution in [0.15, 0.2) is 48.8 Å². The summed E-state index contributed by atoms with van der Waals surface area (Å²) in [5.74, 6) is -0.219. The van der Waals surface area contributed by atoms with Gasteiger partial charge in [-0.05, 0) is 36.8 Å². The molecule has 0 radical (unpaired) electrons. The molecule has 0 fully saturated rings. The second-order valence-corrected chi connectivity index (χ2v) is 7.42. The van der Waals surface area contributed by atoms with E-state index in [0.29, 0.717) is 22.1 Å². The number of hydrogen-bond donors (Lipinski definition) is 2. The number of anilines is 1. The summed E-state index contributed by atoms with van der Waals surface area (Å²) >= 11 is 1.51. The first-order valence-electron chi connectivity index (χ1n) is 7.78. The Labute approximate surface area is 146 Å². The maximum absolute atomic E-state index is 14.8. The normalized spacial score (nSPS) is 13.5. The van der Waals surface area contributed by atoms with Crippen LogP contribution < -0.4 is 10.0 Å². The van der Waals surface area contributed by atoms with Gasteiger partial charge >= 0.3 is 0 Å². The highest BCUT2D eigenvalue weighted by molar-refractivity contribution is 7.97. The van der Waals surface area contributed by atoms with E-state index >= 15 is 0 Å². The number of amides is 1. The number of nitrogens with zero attached hydrogens (tertiary/aromatic N) is 1. The van der Waals surface area contributed by atoms with E-state index in [4.69, 9.17) is 0 Å². The second-order valence-electron chi connectivity index (χ2n) is 5.95. The van der Waals surface area contributed by atoms with Gasteiger partial charge in [-0.3, -0.25) is 14.5 Å². The Hall–Kier alpha value is -1.92. The van der Waals surface area contributed by atoms with Gasteiger partial charge in [0.25, 0.3) is 5.91 Å². The number of alkyl halides is 1. The molecule has 1 atom stereocenters. The summed E-state index contributed by atoms with van der Waals surface area (Å²) in [6, 6.07) is 10.1. The number of aromatic nitrogens is 1. The molecule has 1 aromatic carbocycles. The highest BCUT2D eigenvalue weighted by Gasteiger charge is 2.25. The van der Waals surface area contributed by atoms with E-state index in [1.165, 1.54) is 11.9 Å². The van der Waals surface area contributed by atoms with Crippen LogP contribution in [-0.2, 0) is 5.67 Å². The van der Waals surface area contributed by atoms with E-state index in [1.54, 1.807) is 55.7 Å². The fraction of sp³-hybridized carbons (Fsp3) is 0.333. The lowest BCUT2D eigenvalue weighted by molar-refractivity contribution is 0.102. The predicted octanol–water partition coefficient (Wildman–Crippen LogP) is 4.16. The van der Waals surface area contributed by atoms with E-state index < -0.39 is 5.67 Å². The van der Waals surface area contributed by atoms with Crippen LogP contribution in [0.5, 0.6) is 0 Å². The quantitative estimate of drug-likeness (QED) is 0.738. The van der Waals surface area contributed by atoms with Crippen LogP contribution in [0.3, 0.4) is 0 Å². The van der Waals surface area contributed by atoms with Crippen molar-refractivity contribution in [2.24, 2.45) is 0 Å². The minimum atomic E-state index is -1.48. The Kier molecular flexibility index (Phi) is 6.34. The molecule has 1 amide bonds. The van der Waals surface area contributed by atoms with Crippen LogP contribution in [0.25, 0.3) is 0 Å². The molecular weight excluding hydrogens is 325 g/mol. The van der Waals surface area contributed by atoms with Gasteiger partial charge in [-0.2, -0.15) is 0 Å². The average Bonchev–Trinajstić information content (AvgIpc) is 2.55. The standard InChI is InChI=1S/C18H22FN3OS/c1-13(2)24-21-12-18(3,19)15-4-6-16(7-5-15)22-17(23)14-8-10-20-11-9-14/h4-11,13,21H,12H2,1-3H3,(H,22,23). The van der Waals surface area contributed by atoms with Crippen LogP contribution in [0.1, 0.15) is 36.7 Å². The molecule has 0 spiro atoms. The fourth-order valence-corrected chi connectivity index (χ4v) is 2.74. The van der Waals surface area contributed by atoms with Gasteiger partial charge in [0.05, 0.1) is 0 Å². The molecule has 2 aromatic rings. The summed E-state index contributed by atoms with van der Waals surface area (Å²) in [6.45, 7) is 5.87. The number of halogens is 1. The molecule has 0 aliphatic carbocycles. The summed E-state index contributed by atoms with van der Waals surface area (Å²) in [7, 11) is 0. The first-order chi connectivity index (χ1) is 11.4. The molecule has 0 saturated carbocycles. The molecule has 0 aliphatic rings. The molecule has 1 aromatic heterocycles. The summed E-state index contributed by atoms with van der Waals surface area (Å²) in [5.41, 5.74) is 0.247. The predicted molar refractivity (Wildman–Crippen MR) is 97.8 cm³/mol. The van der Waals surface area contributed by atoms with Crippen molar-refractivity contribution >= 4 is 23.5 Å². The Morgan fingerprint density at radius 3 is 2.42 bits per heavy atom. The van der Waals surface area contributed by atoms with Crippen LogP contribution >= 0.6 is 11.9 Å². The SMILES string of the molecule is CC(C)SNCC(C)(F)c1ccc(NC(=O)c2ccncc2)cc1. The van der Waals surface area contributed by atoms with Crippen molar-refractivity contribution in [2.75, 3.05) is 11.9 Å². The van der Waals surface area contributed by atoms with E-state index in [0.717, 1.165) is 0 Å². The first kappa shape index (κ1) is 18.4. The largest absolute Gasteiger partial charge is 0.322 e. The van der Waals surface area contributed by atoms with Gasteiger partial charge < -0.3 is 5.32 Å². The molecule has 0 aliphatic heterocycles. The molecule has 0 bridgehead atoms. The highest BCUT2D eigenvalue weighted by Crippen LogP contribution is 2.27. The lowest BCUT2D eigenvalue weighted by Crippen LogP contribution is -2.29. The molecule has 1 unspecified atom stereocenters. The summed E-state index contributed by atoms with van der Waals surface area (Å²) in [5, 5.41) is 3.18. The van der Waals surface area contributed by atoms with Crippen molar-refractivity contribution in [3.8, 4) is 0 Å². The first-order valence-corrected chi connectivity index (χ1v) is 8.66. The van der Waals surface area contributed by atoms with Gasteiger partial charge in [0, 0.05) is 35.4 Å². The summed E-state index contributed by atoms with van der Waals surface area (Å²) in [6.07, 6.45) is 3.13. The van der Waals surface area contributed by atoms with Crippen molar-refractivity contribution in [3.05, 3.63) is 59.9 Å². The van der Waals surface area contributed by atoms with E-state index in [9.17, 15) is 9.18 Å². The van der Waals surface area contributed by atoms with E-state index in [1.807, 2.05) is 13.8 Å². The molecule has 6 heteroatoms. The molecule has 128 valence electrons. The van der Waals surface area contributed by atoms with Crippen molar-refractivity contribution in [1.82, 2.24) is 9.71 Å². The lowest BCUT2D eigenvalue weighted by Gasteiger charge is -2.22. The van der Waals surface area contributed by atoms with Crippen molar-refractivity contribution in [3.63, 3.8) is 0 Å². The molecule has 2 N–H and O–H groups in total. The van der Waals surface area contributed by atoms with Gasteiger partial charge in [-0.25, -0.2) is 4.39 Å². The van der Waals surface area contributed by atoms with Crippen molar-refractivity contribution in [2.45, 2.75) is 31.7 Å². The maximum atomic E-state index is 14.8. The highest BCUT2D eigenvalue weighted by atomic mass is 32.2. The van der Waals surface area contributed by atoms with Crippen LogP contribution in [0.2, 0.25) is 0 Å². The minimum absolute atomic E-state index is 0.219. The number of pyridine rings is 1. The third kappa shape index (κ3) is 5.32. The Morgan fingerprint density at radius 2 is 1.83 bits per heavy atom. The molecule has 24 heavy (non-hydrogen) atoms. The molecule has 0 saturated heterocycles. The smallest absolute Gasteiger partial charge is 0.255 e. The average molecular weight is 347 g/mol. The number of carbonyl (C=O) groups is 1. The Bertz CT molecular complexity index is 660. The Balaban J connectivity index is 1.98. The number of benzene rings is 1. The molecule has 2 rings (SSSR count). The van der Waals surface area contributed by atoms with Crippen molar-refractivity contribution < 1.29 is 9.18 Å². The maximum Gasteiger partial charge on any atom is 0.255 e. The number of nitrogens with one attached hydrogen (secondary N) is 2. The molecular formula is C18H22FN3OS. The van der Waals surface area contributed by atoms with Gasteiger partial charge in [-0.15, -0.1) is 0 Å². The summed E-state index contributed by atoms with van der Waals surface area (Å²) < 4.78 is 17.8. The monoisotopic (exact) mass is 347 g/mol. The second kappa shape index (κ2) is 8.26. The number of carbonyl (C=O) groups excluding carboxylic acids is 1. The van der Waals surface area contributed by atoms with Gasteiger partial charge in [-0.1, -0.05) is 37.9 Å². The summed E-state index contributed by atoms with van der Waals surface area (Å²) in [4.78, 5) is 16.0. The zero-order valence-corrected chi connectivity index (χ0v) is 14.9. The van der Waals surface area contributed by atoms with E-state index in [2.05, 4.69) is 15.0 Å². The minimum Gasteiger partial charge on any atom is -0.322 e. The Morgan fingerprint density at radius 1 is 1.21 bits per heavy atom. The van der Waals surface area contributed by atoms with Gasteiger partial charge in [0.2, 0.25) is 0 Å². The number of rotatable bonds is 7. The van der Waals surface area contributed by atoms with Crippen LogP contribution in [0.4, 0.5) is 10.1 Å². The molecule has 4 nitrogen and oxygen atoms in total. The molecule has 1 heterocycles. The van der Waals surface area contributed by atoms with Crippen molar-refractivity contribution in [1.29, 1.82) is 0 Å². The van der Waals surface area contributed by atoms with Gasteiger partial charge in [0.1, 0.15) is 5.67 Å². The topological polar surface area (TPSA) is 54.0 Å². The third-order valence-corrected chi connectivity index (χ3v) is 4.19. The fourth-order valence-electron chi connectivity index (χ4n) is 2.05. The number of hydrogen-bond acceptors (Lipinski definition) is 4. The van der Waals surface area contributed by atoms with Crippen LogP contribution in [-0.4, -0.2) is 22.7 Å².